The van der Waals surface area contributed by atoms with Crippen LogP contribution in [0.3, 0.4) is 0 Å². The summed E-state index contributed by atoms with van der Waals surface area (Å²) in [6, 6.07) is 10.6. The van der Waals surface area contributed by atoms with Crippen molar-refractivity contribution in [3.8, 4) is 0 Å². The molecule has 2 aromatic rings. The number of rotatable bonds is 7. The van der Waals surface area contributed by atoms with Gasteiger partial charge in [-0.1, -0.05) is 49.7 Å². The molecule has 1 N–H and O–H groups in total. The highest BCUT2D eigenvalue weighted by Crippen LogP contribution is 2.40. The van der Waals surface area contributed by atoms with Gasteiger partial charge in [-0.2, -0.15) is 0 Å². The van der Waals surface area contributed by atoms with Crippen LogP contribution in [0.5, 0.6) is 0 Å². The predicted molar refractivity (Wildman–Crippen MR) is 112 cm³/mol. The lowest BCUT2D eigenvalue weighted by Gasteiger charge is -2.27. The first-order chi connectivity index (χ1) is 13.5. The van der Waals surface area contributed by atoms with Gasteiger partial charge in [0.05, 0.1) is 11.6 Å². The number of aliphatic hydroxyl groups excluding tert-OH is 1. The Bertz CT molecular complexity index is 868. The van der Waals surface area contributed by atoms with Crippen LogP contribution in [0, 0.1) is 6.92 Å². The largest absolute Gasteiger partial charge is 0.507 e. The monoisotopic (exact) mass is 398 g/mol. The number of carbonyl (C=O) groups excluding carboxylic acids is 2. The maximum Gasteiger partial charge on any atom is 0.295 e. The smallest absolute Gasteiger partial charge is 0.295 e. The SMILES string of the molecule is CCN(CC)CCN1C(=O)C(=O)C(=C(O)c2ccc(C)cc2)C1c1cccs1. The fraction of sp³-hybridized carbons (Fsp3) is 0.364. The molecule has 0 radical (unpaired) electrons. The van der Waals surface area contributed by atoms with Crippen LogP contribution in [0.15, 0.2) is 47.4 Å². The van der Waals surface area contributed by atoms with E-state index in [1.165, 1.54) is 11.3 Å². The van der Waals surface area contributed by atoms with Gasteiger partial charge < -0.3 is 14.9 Å². The maximum absolute atomic E-state index is 12.9. The van der Waals surface area contributed by atoms with Gasteiger partial charge in [-0.15, -0.1) is 11.3 Å². The Kier molecular flexibility index (Phi) is 6.31. The lowest BCUT2D eigenvalue weighted by molar-refractivity contribution is -0.140. The second kappa shape index (κ2) is 8.71. The van der Waals surface area contributed by atoms with Gasteiger partial charge >= 0.3 is 0 Å². The lowest BCUT2D eigenvalue weighted by atomic mass is 9.99. The Hall–Kier alpha value is -2.44. The molecule has 28 heavy (non-hydrogen) atoms. The Morgan fingerprint density at radius 3 is 2.39 bits per heavy atom. The zero-order chi connectivity index (χ0) is 20.3. The Balaban J connectivity index is 2.03. The molecule has 1 amide bonds. The lowest BCUT2D eigenvalue weighted by Crippen LogP contribution is -2.37. The molecule has 1 aliphatic rings. The van der Waals surface area contributed by atoms with Crippen LogP contribution in [-0.2, 0) is 9.59 Å². The van der Waals surface area contributed by atoms with Crippen LogP contribution in [-0.4, -0.2) is 52.8 Å². The van der Waals surface area contributed by atoms with Crippen molar-refractivity contribution < 1.29 is 14.7 Å². The minimum atomic E-state index is -0.615. The summed E-state index contributed by atoms with van der Waals surface area (Å²) in [4.78, 5) is 30.4. The fourth-order valence-electron chi connectivity index (χ4n) is 3.51. The third-order valence-corrected chi connectivity index (χ3v) is 6.15. The van der Waals surface area contributed by atoms with E-state index in [1.807, 2.05) is 36.6 Å². The number of Topliss-reactive ketones (excluding diaryl/α,β-unsaturated/α-hetero) is 1. The highest BCUT2D eigenvalue weighted by molar-refractivity contribution is 7.10. The Morgan fingerprint density at radius 1 is 1.14 bits per heavy atom. The number of hydrogen-bond donors (Lipinski definition) is 1. The molecule has 3 rings (SSSR count). The summed E-state index contributed by atoms with van der Waals surface area (Å²) in [5.74, 6) is -1.27. The summed E-state index contributed by atoms with van der Waals surface area (Å²) >= 11 is 1.49. The predicted octanol–water partition coefficient (Wildman–Crippen LogP) is 3.82. The van der Waals surface area contributed by atoms with E-state index in [-0.39, 0.29) is 11.3 Å². The number of aliphatic hydroxyl groups is 1. The van der Waals surface area contributed by atoms with Gasteiger partial charge in [-0.05, 0) is 31.5 Å². The van der Waals surface area contributed by atoms with Gasteiger partial charge in [0.15, 0.2) is 0 Å². The molecule has 0 aliphatic carbocycles. The average molecular weight is 399 g/mol. The van der Waals surface area contributed by atoms with E-state index in [9.17, 15) is 14.7 Å². The number of likely N-dealkylation sites (N-methyl/N-ethyl adjacent to an activating group) is 1. The van der Waals surface area contributed by atoms with Crippen LogP contribution in [0.25, 0.3) is 5.76 Å². The van der Waals surface area contributed by atoms with E-state index in [4.69, 9.17) is 0 Å². The third kappa shape index (κ3) is 3.88. The molecule has 0 saturated carbocycles. The summed E-state index contributed by atoms with van der Waals surface area (Å²) < 4.78 is 0. The summed E-state index contributed by atoms with van der Waals surface area (Å²) in [5.41, 5.74) is 1.79. The standard InChI is InChI=1S/C22H26N2O3S/c1-4-23(5-2)12-13-24-19(17-7-6-14-28-17)18(21(26)22(24)27)20(25)16-10-8-15(3)9-11-16/h6-11,14,19,25H,4-5,12-13H2,1-3H3. The number of nitrogens with zero attached hydrogens (tertiary/aromatic N) is 2. The normalized spacial score (nSPS) is 19.0. The first-order valence-corrected chi connectivity index (χ1v) is 10.5. The summed E-state index contributed by atoms with van der Waals surface area (Å²) in [7, 11) is 0. The van der Waals surface area contributed by atoms with Crippen molar-refractivity contribution in [1.29, 1.82) is 0 Å². The van der Waals surface area contributed by atoms with Gasteiger partial charge in [-0.25, -0.2) is 0 Å². The molecule has 1 atom stereocenters. The first kappa shape index (κ1) is 20.3. The molecule has 1 saturated heterocycles. The zero-order valence-electron chi connectivity index (χ0n) is 16.5. The number of likely N-dealkylation sites (tertiary alicyclic amines) is 1. The molecular formula is C22H26N2O3S. The molecule has 1 aromatic heterocycles. The van der Waals surface area contributed by atoms with E-state index in [2.05, 4.69) is 18.7 Å². The summed E-state index contributed by atoms with van der Waals surface area (Å²) in [6.45, 7) is 9.01. The maximum atomic E-state index is 12.9. The summed E-state index contributed by atoms with van der Waals surface area (Å²) in [5, 5.41) is 12.9. The molecule has 6 heteroatoms. The van der Waals surface area contributed by atoms with Gasteiger partial charge in [-0.3, -0.25) is 9.59 Å². The highest BCUT2D eigenvalue weighted by Gasteiger charge is 2.46. The number of amides is 1. The molecule has 1 aromatic carbocycles. The van der Waals surface area contributed by atoms with Crippen molar-refractivity contribution in [2.45, 2.75) is 26.8 Å². The first-order valence-electron chi connectivity index (χ1n) is 9.59. The molecule has 0 bridgehead atoms. The van der Waals surface area contributed by atoms with E-state index in [0.717, 1.165) is 23.5 Å². The van der Waals surface area contributed by atoms with Gasteiger partial charge in [0.2, 0.25) is 0 Å². The Morgan fingerprint density at radius 2 is 1.82 bits per heavy atom. The van der Waals surface area contributed by atoms with Crippen molar-refractivity contribution in [2.24, 2.45) is 0 Å². The fourth-order valence-corrected chi connectivity index (χ4v) is 4.35. The van der Waals surface area contributed by atoms with Crippen LogP contribution in [0.4, 0.5) is 0 Å². The molecule has 0 spiro atoms. The van der Waals surface area contributed by atoms with Crippen molar-refractivity contribution in [1.82, 2.24) is 9.80 Å². The molecule has 1 aliphatic heterocycles. The highest BCUT2D eigenvalue weighted by atomic mass is 32.1. The summed E-state index contributed by atoms with van der Waals surface area (Å²) in [6.07, 6.45) is 0. The minimum absolute atomic E-state index is 0.109. The van der Waals surface area contributed by atoms with E-state index in [1.54, 1.807) is 17.0 Å². The second-order valence-corrected chi connectivity index (χ2v) is 7.88. The average Bonchev–Trinajstić information content (AvgIpc) is 3.31. The van der Waals surface area contributed by atoms with Crippen molar-refractivity contribution in [3.05, 3.63) is 63.4 Å². The number of carbonyl (C=O) groups is 2. The third-order valence-electron chi connectivity index (χ3n) is 5.23. The van der Waals surface area contributed by atoms with Gasteiger partial charge in [0, 0.05) is 23.5 Å². The Labute approximate surface area is 169 Å². The number of benzene rings is 1. The molecule has 5 nitrogen and oxygen atoms in total. The molecule has 148 valence electrons. The molecule has 1 unspecified atom stereocenters. The van der Waals surface area contributed by atoms with Crippen molar-refractivity contribution >= 4 is 28.8 Å². The second-order valence-electron chi connectivity index (χ2n) is 6.90. The molecule has 2 heterocycles. The van der Waals surface area contributed by atoms with Crippen molar-refractivity contribution in [2.75, 3.05) is 26.2 Å². The van der Waals surface area contributed by atoms with E-state index < -0.39 is 17.7 Å². The van der Waals surface area contributed by atoms with Crippen molar-refractivity contribution in [3.63, 3.8) is 0 Å². The number of aryl methyl sites for hydroxylation is 1. The number of thiophene rings is 1. The number of ketones is 1. The quantitative estimate of drug-likeness (QED) is 0.438. The van der Waals surface area contributed by atoms with E-state index in [0.29, 0.717) is 18.7 Å². The van der Waals surface area contributed by atoms with Gasteiger partial charge in [0.25, 0.3) is 11.7 Å². The van der Waals surface area contributed by atoms with Crippen LogP contribution in [0.2, 0.25) is 0 Å². The van der Waals surface area contributed by atoms with Gasteiger partial charge in [0.1, 0.15) is 5.76 Å². The van der Waals surface area contributed by atoms with Crippen LogP contribution in [0.1, 0.15) is 35.9 Å². The molecular weight excluding hydrogens is 372 g/mol. The topological polar surface area (TPSA) is 60.9 Å². The van der Waals surface area contributed by atoms with E-state index >= 15 is 0 Å². The van der Waals surface area contributed by atoms with Crippen LogP contribution >= 0.6 is 11.3 Å². The number of hydrogen-bond acceptors (Lipinski definition) is 5. The molecule has 1 fully saturated rings. The van der Waals surface area contributed by atoms with Crippen LogP contribution < -0.4 is 0 Å². The minimum Gasteiger partial charge on any atom is -0.507 e. The zero-order valence-corrected chi connectivity index (χ0v) is 17.3.